The largest absolute Gasteiger partial charge is 0.332 e. The van der Waals surface area contributed by atoms with Gasteiger partial charge in [-0.3, -0.25) is 4.79 Å². The van der Waals surface area contributed by atoms with Crippen molar-refractivity contribution in [3.8, 4) is 0 Å². The van der Waals surface area contributed by atoms with Gasteiger partial charge in [-0.25, -0.2) is 0 Å². The first-order chi connectivity index (χ1) is 8.70. The van der Waals surface area contributed by atoms with Gasteiger partial charge in [-0.2, -0.15) is 0 Å². The molecule has 0 aromatic heterocycles. The van der Waals surface area contributed by atoms with Crippen molar-refractivity contribution >= 4 is 5.91 Å². The molecule has 0 N–H and O–H groups in total. The Morgan fingerprint density at radius 3 is 2.67 bits per heavy atom. The fraction of sp³-hybridized carbons (Fsp3) is 0.562. The lowest BCUT2D eigenvalue weighted by Gasteiger charge is -2.25. The van der Waals surface area contributed by atoms with Crippen molar-refractivity contribution in [1.82, 2.24) is 4.90 Å². The molecule has 2 rings (SSSR count). The Hall–Kier alpha value is -1.31. The third-order valence-corrected chi connectivity index (χ3v) is 3.84. The van der Waals surface area contributed by atoms with Gasteiger partial charge in [0.2, 0.25) is 0 Å². The fourth-order valence-corrected chi connectivity index (χ4v) is 2.92. The number of fused-ring (bicyclic) bond motifs is 1. The van der Waals surface area contributed by atoms with E-state index in [2.05, 4.69) is 31.7 Å². The molecule has 0 fully saturated rings. The highest BCUT2D eigenvalue weighted by Gasteiger charge is 2.36. The molecule has 2 nitrogen and oxygen atoms in total. The maximum absolute atomic E-state index is 12.5. The lowest BCUT2D eigenvalue weighted by Crippen LogP contribution is -2.29. The summed E-state index contributed by atoms with van der Waals surface area (Å²) in [6.07, 6.45) is 4.43. The zero-order valence-corrected chi connectivity index (χ0v) is 11.7. The highest BCUT2D eigenvalue weighted by molar-refractivity contribution is 5.99. The van der Waals surface area contributed by atoms with Gasteiger partial charge in [0.1, 0.15) is 0 Å². The smallest absolute Gasteiger partial charge is 0.254 e. The highest BCUT2D eigenvalue weighted by atomic mass is 16.2. The molecule has 1 aromatic carbocycles. The third kappa shape index (κ3) is 2.16. The lowest BCUT2D eigenvalue weighted by atomic mass is 9.96. The molecule has 1 aliphatic heterocycles. The van der Waals surface area contributed by atoms with Gasteiger partial charge in [-0.1, -0.05) is 38.8 Å². The van der Waals surface area contributed by atoms with Gasteiger partial charge in [0.15, 0.2) is 0 Å². The van der Waals surface area contributed by atoms with Crippen molar-refractivity contribution in [2.75, 3.05) is 6.54 Å². The Bertz CT molecular complexity index is 439. The number of carbonyl (C=O) groups is 1. The van der Waals surface area contributed by atoms with E-state index in [9.17, 15) is 4.79 Å². The summed E-state index contributed by atoms with van der Waals surface area (Å²) in [4.78, 5) is 14.6. The van der Waals surface area contributed by atoms with Crippen LogP contribution in [0.3, 0.4) is 0 Å². The van der Waals surface area contributed by atoms with Crippen molar-refractivity contribution in [1.29, 1.82) is 0 Å². The summed E-state index contributed by atoms with van der Waals surface area (Å²) >= 11 is 0. The predicted octanol–water partition coefficient (Wildman–Crippen LogP) is 4.09. The van der Waals surface area contributed by atoms with Gasteiger partial charge >= 0.3 is 0 Å². The minimum absolute atomic E-state index is 0.237. The maximum atomic E-state index is 12.5. The zero-order valence-electron chi connectivity index (χ0n) is 11.7. The van der Waals surface area contributed by atoms with E-state index in [1.807, 2.05) is 12.1 Å². The van der Waals surface area contributed by atoms with E-state index in [0.29, 0.717) is 6.04 Å². The molecule has 0 spiro atoms. The van der Waals surface area contributed by atoms with E-state index in [-0.39, 0.29) is 5.91 Å². The van der Waals surface area contributed by atoms with Gasteiger partial charge in [0, 0.05) is 12.1 Å². The highest BCUT2D eigenvalue weighted by Crippen LogP contribution is 2.38. The average molecular weight is 245 g/mol. The van der Waals surface area contributed by atoms with Crippen LogP contribution in [0.2, 0.25) is 0 Å². The third-order valence-electron chi connectivity index (χ3n) is 3.84. The molecule has 0 radical (unpaired) electrons. The second kappa shape index (κ2) is 5.55. The Balaban J connectivity index is 2.35. The Morgan fingerprint density at radius 2 is 2.00 bits per heavy atom. The van der Waals surface area contributed by atoms with Crippen LogP contribution in [0.5, 0.6) is 0 Å². The summed E-state index contributed by atoms with van der Waals surface area (Å²) in [5.41, 5.74) is 3.48. The normalized spacial score (nSPS) is 18.3. The molecule has 1 unspecified atom stereocenters. The van der Waals surface area contributed by atoms with Gasteiger partial charge in [0.05, 0.1) is 6.04 Å². The zero-order chi connectivity index (χ0) is 13.1. The molecule has 0 aliphatic carbocycles. The molecule has 1 atom stereocenters. The molecule has 18 heavy (non-hydrogen) atoms. The van der Waals surface area contributed by atoms with Crippen LogP contribution < -0.4 is 0 Å². The van der Waals surface area contributed by atoms with Gasteiger partial charge in [-0.15, -0.1) is 0 Å². The van der Waals surface area contributed by atoms with E-state index in [4.69, 9.17) is 0 Å². The van der Waals surface area contributed by atoms with E-state index >= 15 is 0 Å². The van der Waals surface area contributed by atoms with Gasteiger partial charge < -0.3 is 4.90 Å². The molecule has 0 saturated heterocycles. The van der Waals surface area contributed by atoms with Crippen molar-refractivity contribution < 1.29 is 4.79 Å². The monoisotopic (exact) mass is 245 g/mol. The maximum Gasteiger partial charge on any atom is 0.254 e. The molecule has 1 heterocycles. The number of hydrogen-bond acceptors (Lipinski definition) is 1. The molecule has 1 amide bonds. The summed E-state index contributed by atoms with van der Waals surface area (Å²) < 4.78 is 0. The molecule has 1 aliphatic rings. The second-order valence-corrected chi connectivity index (χ2v) is 5.19. The number of benzene rings is 1. The van der Waals surface area contributed by atoms with E-state index in [0.717, 1.165) is 37.8 Å². The predicted molar refractivity (Wildman–Crippen MR) is 74.8 cm³/mol. The number of unbranched alkanes of at least 4 members (excludes halogenated alkanes) is 1. The van der Waals surface area contributed by atoms with Crippen LogP contribution in [-0.2, 0) is 0 Å². The minimum Gasteiger partial charge on any atom is -0.332 e. The quantitative estimate of drug-likeness (QED) is 0.765. The fourth-order valence-electron chi connectivity index (χ4n) is 2.92. The van der Waals surface area contributed by atoms with Crippen LogP contribution in [0.1, 0.15) is 67.1 Å². The van der Waals surface area contributed by atoms with Crippen LogP contribution in [-0.4, -0.2) is 17.4 Å². The summed E-state index contributed by atoms with van der Waals surface area (Å²) in [5, 5.41) is 0. The number of aryl methyl sites for hydroxylation is 1. The van der Waals surface area contributed by atoms with Gasteiger partial charge in [0.25, 0.3) is 5.91 Å². The second-order valence-electron chi connectivity index (χ2n) is 5.19. The van der Waals surface area contributed by atoms with E-state index < -0.39 is 0 Å². The number of carbonyl (C=O) groups excluding carboxylic acids is 1. The van der Waals surface area contributed by atoms with Gasteiger partial charge in [-0.05, 0) is 37.0 Å². The number of hydrogen-bond donors (Lipinski definition) is 0. The van der Waals surface area contributed by atoms with E-state index in [1.165, 1.54) is 11.1 Å². The number of amides is 1. The Morgan fingerprint density at radius 1 is 1.22 bits per heavy atom. The van der Waals surface area contributed by atoms with Crippen LogP contribution in [0.4, 0.5) is 0 Å². The first-order valence-electron chi connectivity index (χ1n) is 7.11. The molecule has 98 valence electrons. The Kier molecular flexibility index (Phi) is 4.05. The van der Waals surface area contributed by atoms with Crippen LogP contribution in [0.15, 0.2) is 18.2 Å². The minimum atomic E-state index is 0.237. The summed E-state index contributed by atoms with van der Waals surface area (Å²) in [5.74, 6) is 0.237. The molecule has 1 aromatic rings. The molecule has 2 heteroatoms. The topological polar surface area (TPSA) is 20.3 Å². The molecule has 0 saturated carbocycles. The van der Waals surface area contributed by atoms with Crippen LogP contribution in [0, 0.1) is 6.92 Å². The molecular weight excluding hydrogens is 222 g/mol. The SMILES string of the molecule is CCCCN1C(=O)c2cccc(C)c2C1CCC. The van der Waals surface area contributed by atoms with Crippen molar-refractivity contribution in [3.05, 3.63) is 34.9 Å². The van der Waals surface area contributed by atoms with Crippen molar-refractivity contribution in [3.63, 3.8) is 0 Å². The number of rotatable bonds is 5. The van der Waals surface area contributed by atoms with Crippen LogP contribution >= 0.6 is 0 Å². The molecule has 0 bridgehead atoms. The van der Waals surface area contributed by atoms with Crippen molar-refractivity contribution in [2.45, 2.75) is 52.5 Å². The van der Waals surface area contributed by atoms with Crippen molar-refractivity contribution in [2.24, 2.45) is 0 Å². The summed E-state index contributed by atoms with van der Waals surface area (Å²) in [7, 11) is 0. The first kappa shape index (κ1) is 13.1. The Labute approximate surface area is 110 Å². The first-order valence-corrected chi connectivity index (χ1v) is 7.11. The lowest BCUT2D eigenvalue weighted by molar-refractivity contribution is 0.0714. The van der Waals surface area contributed by atoms with Crippen LogP contribution in [0.25, 0.3) is 0 Å². The summed E-state index contributed by atoms with van der Waals surface area (Å²) in [6.45, 7) is 7.39. The average Bonchev–Trinajstić information content (AvgIpc) is 2.63. The summed E-state index contributed by atoms with van der Waals surface area (Å²) in [6, 6.07) is 6.42. The molecular formula is C16H23NO. The standard InChI is InChI=1S/C16H23NO/c1-4-6-11-17-14(8-5-2)15-12(3)9-7-10-13(15)16(17)18/h7,9-10,14H,4-6,8,11H2,1-3H3. The van der Waals surface area contributed by atoms with E-state index in [1.54, 1.807) is 0 Å². The number of nitrogens with zero attached hydrogens (tertiary/aromatic N) is 1.